The maximum Gasteiger partial charge on any atom is 0.248 e. The number of ether oxygens (including phenoxy) is 4. The second-order valence-corrected chi connectivity index (χ2v) is 6.07. The average molecular weight is 406 g/mol. The normalized spacial score (nSPS) is 10.5. The summed E-state index contributed by atoms with van der Waals surface area (Å²) in [5, 5.41) is 2.75. The van der Waals surface area contributed by atoms with Gasteiger partial charge in [-0.05, 0) is 42.5 Å². The molecule has 0 saturated carbocycles. The van der Waals surface area contributed by atoms with Crippen molar-refractivity contribution in [2.75, 3.05) is 26.6 Å². The van der Waals surface area contributed by atoms with Gasteiger partial charge in [0.2, 0.25) is 11.8 Å². The summed E-state index contributed by atoms with van der Waals surface area (Å²) in [6.45, 7) is 0. The summed E-state index contributed by atoms with van der Waals surface area (Å²) in [5.41, 5.74) is 1.26. The molecular weight excluding hydrogens is 384 g/mol. The van der Waals surface area contributed by atoms with Crippen molar-refractivity contribution in [1.82, 2.24) is 4.98 Å². The number of pyridine rings is 1. The minimum atomic E-state index is -0.305. The van der Waals surface area contributed by atoms with Crippen LogP contribution in [0.4, 0.5) is 5.69 Å². The molecular formula is C23H22N2O5. The van der Waals surface area contributed by atoms with E-state index in [4.69, 9.17) is 18.9 Å². The number of benzene rings is 2. The first-order valence-corrected chi connectivity index (χ1v) is 9.11. The predicted octanol–water partition coefficient (Wildman–Crippen LogP) is 4.55. The number of anilines is 1. The van der Waals surface area contributed by atoms with Gasteiger partial charge >= 0.3 is 0 Å². The fourth-order valence-electron chi connectivity index (χ4n) is 2.65. The van der Waals surface area contributed by atoms with E-state index < -0.39 is 0 Å². The molecule has 30 heavy (non-hydrogen) atoms. The summed E-state index contributed by atoms with van der Waals surface area (Å²) in [6.07, 6.45) is 4.59. The SMILES string of the molecule is COc1ccc(OC)c(/C=C/C(=O)Nc2ccc(Oc3ccccc3OC)nc2)c1. The highest BCUT2D eigenvalue weighted by atomic mass is 16.5. The zero-order chi connectivity index (χ0) is 21.3. The highest BCUT2D eigenvalue weighted by Gasteiger charge is 2.07. The van der Waals surface area contributed by atoms with Crippen LogP contribution in [0.15, 0.2) is 66.9 Å². The van der Waals surface area contributed by atoms with Gasteiger partial charge in [-0.15, -0.1) is 0 Å². The van der Waals surface area contributed by atoms with Crippen molar-refractivity contribution >= 4 is 17.7 Å². The minimum absolute atomic E-state index is 0.305. The summed E-state index contributed by atoms with van der Waals surface area (Å²) >= 11 is 0. The van der Waals surface area contributed by atoms with Gasteiger partial charge in [0.05, 0.1) is 33.2 Å². The molecule has 1 N–H and O–H groups in total. The molecule has 3 aromatic rings. The van der Waals surface area contributed by atoms with Crippen LogP contribution >= 0.6 is 0 Å². The van der Waals surface area contributed by atoms with E-state index >= 15 is 0 Å². The van der Waals surface area contributed by atoms with Crippen LogP contribution in [0, 0.1) is 0 Å². The van der Waals surface area contributed by atoms with E-state index in [0.29, 0.717) is 34.6 Å². The lowest BCUT2D eigenvalue weighted by Gasteiger charge is -2.09. The Morgan fingerprint density at radius 2 is 1.67 bits per heavy atom. The lowest BCUT2D eigenvalue weighted by molar-refractivity contribution is -0.111. The number of carbonyl (C=O) groups is 1. The van der Waals surface area contributed by atoms with E-state index in [9.17, 15) is 4.79 Å². The molecule has 1 heterocycles. The van der Waals surface area contributed by atoms with Crippen molar-refractivity contribution in [3.05, 3.63) is 72.4 Å². The molecule has 0 unspecified atom stereocenters. The summed E-state index contributed by atoms with van der Waals surface area (Å²) in [7, 11) is 4.72. The van der Waals surface area contributed by atoms with Gasteiger partial charge in [-0.3, -0.25) is 4.79 Å². The van der Waals surface area contributed by atoms with Gasteiger partial charge in [0.15, 0.2) is 11.5 Å². The maximum atomic E-state index is 12.3. The van der Waals surface area contributed by atoms with E-state index in [0.717, 1.165) is 5.56 Å². The van der Waals surface area contributed by atoms with Crippen LogP contribution in [0.25, 0.3) is 6.08 Å². The van der Waals surface area contributed by atoms with Crippen LogP contribution in [0.5, 0.6) is 28.9 Å². The number of nitrogens with one attached hydrogen (secondary N) is 1. The fourth-order valence-corrected chi connectivity index (χ4v) is 2.65. The Morgan fingerprint density at radius 1 is 0.900 bits per heavy atom. The zero-order valence-electron chi connectivity index (χ0n) is 16.9. The van der Waals surface area contributed by atoms with Crippen LogP contribution < -0.4 is 24.3 Å². The average Bonchev–Trinajstić information content (AvgIpc) is 2.79. The van der Waals surface area contributed by atoms with Gasteiger partial charge in [0.1, 0.15) is 11.5 Å². The number of amides is 1. The first-order chi connectivity index (χ1) is 14.6. The van der Waals surface area contributed by atoms with E-state index in [2.05, 4.69) is 10.3 Å². The molecule has 0 spiro atoms. The third-order valence-corrected chi connectivity index (χ3v) is 4.14. The van der Waals surface area contributed by atoms with Crippen molar-refractivity contribution in [3.8, 4) is 28.9 Å². The first-order valence-electron chi connectivity index (χ1n) is 9.11. The summed E-state index contributed by atoms with van der Waals surface area (Å²) < 4.78 is 21.5. The Balaban J connectivity index is 1.64. The summed E-state index contributed by atoms with van der Waals surface area (Å²) in [4.78, 5) is 16.5. The summed E-state index contributed by atoms with van der Waals surface area (Å²) in [5.74, 6) is 2.55. The highest BCUT2D eigenvalue weighted by molar-refractivity contribution is 6.02. The van der Waals surface area contributed by atoms with Crippen molar-refractivity contribution in [2.24, 2.45) is 0 Å². The third-order valence-electron chi connectivity index (χ3n) is 4.14. The predicted molar refractivity (Wildman–Crippen MR) is 115 cm³/mol. The molecule has 0 bridgehead atoms. The highest BCUT2D eigenvalue weighted by Crippen LogP contribution is 2.30. The molecule has 0 aliphatic rings. The van der Waals surface area contributed by atoms with E-state index in [1.54, 1.807) is 69.9 Å². The van der Waals surface area contributed by atoms with Crippen LogP contribution in [-0.4, -0.2) is 32.2 Å². The van der Waals surface area contributed by atoms with E-state index in [1.165, 1.54) is 12.3 Å². The van der Waals surface area contributed by atoms with Gasteiger partial charge in [-0.25, -0.2) is 4.98 Å². The first kappa shape index (κ1) is 20.7. The third kappa shape index (κ3) is 5.29. The molecule has 0 saturated heterocycles. The molecule has 1 aromatic heterocycles. The Bertz CT molecular complexity index is 1030. The van der Waals surface area contributed by atoms with Crippen LogP contribution in [-0.2, 0) is 4.79 Å². The van der Waals surface area contributed by atoms with Gasteiger partial charge in [0.25, 0.3) is 0 Å². The Labute approximate surface area is 174 Å². The van der Waals surface area contributed by atoms with E-state index in [-0.39, 0.29) is 5.91 Å². The molecule has 7 heteroatoms. The monoisotopic (exact) mass is 406 g/mol. The quantitative estimate of drug-likeness (QED) is 0.553. The number of para-hydroxylation sites is 2. The Kier molecular flexibility index (Phi) is 6.89. The standard InChI is InChI=1S/C23H22N2O5/c1-27-18-10-11-19(28-2)16(14-18)8-12-22(26)25-17-9-13-23(24-15-17)30-21-7-5-4-6-20(21)29-3/h4-15H,1-3H3,(H,25,26)/b12-8+. The number of hydrogen-bond acceptors (Lipinski definition) is 6. The van der Waals surface area contributed by atoms with Gasteiger partial charge < -0.3 is 24.3 Å². The second-order valence-electron chi connectivity index (χ2n) is 6.07. The molecule has 2 aromatic carbocycles. The number of methoxy groups -OCH3 is 3. The largest absolute Gasteiger partial charge is 0.497 e. The second kappa shape index (κ2) is 9.97. The molecule has 0 radical (unpaired) electrons. The topological polar surface area (TPSA) is 78.9 Å². The number of nitrogens with zero attached hydrogens (tertiary/aromatic N) is 1. The van der Waals surface area contributed by atoms with Crippen LogP contribution in [0.1, 0.15) is 5.56 Å². The maximum absolute atomic E-state index is 12.3. The lowest BCUT2D eigenvalue weighted by Crippen LogP contribution is -2.08. The van der Waals surface area contributed by atoms with Crippen molar-refractivity contribution in [1.29, 1.82) is 0 Å². The van der Waals surface area contributed by atoms with Gasteiger partial charge in [0, 0.05) is 17.7 Å². The smallest absolute Gasteiger partial charge is 0.248 e. The molecule has 1 amide bonds. The van der Waals surface area contributed by atoms with Crippen molar-refractivity contribution in [2.45, 2.75) is 0 Å². The molecule has 0 aliphatic heterocycles. The molecule has 3 rings (SSSR count). The number of carbonyl (C=O) groups excluding carboxylic acids is 1. The number of hydrogen-bond donors (Lipinski definition) is 1. The summed E-state index contributed by atoms with van der Waals surface area (Å²) in [6, 6.07) is 16.0. The minimum Gasteiger partial charge on any atom is -0.497 e. The fraction of sp³-hybridized carbons (Fsp3) is 0.130. The molecule has 0 aliphatic carbocycles. The van der Waals surface area contributed by atoms with Gasteiger partial charge in [-0.1, -0.05) is 12.1 Å². The number of aromatic nitrogens is 1. The van der Waals surface area contributed by atoms with Crippen LogP contribution in [0.3, 0.4) is 0 Å². The molecule has 0 fully saturated rings. The number of rotatable bonds is 8. The van der Waals surface area contributed by atoms with Crippen LogP contribution in [0.2, 0.25) is 0 Å². The van der Waals surface area contributed by atoms with Crippen molar-refractivity contribution in [3.63, 3.8) is 0 Å². The molecule has 0 atom stereocenters. The molecule has 154 valence electrons. The lowest BCUT2D eigenvalue weighted by atomic mass is 10.1. The molecule has 7 nitrogen and oxygen atoms in total. The zero-order valence-corrected chi connectivity index (χ0v) is 16.9. The van der Waals surface area contributed by atoms with Gasteiger partial charge in [-0.2, -0.15) is 0 Å². The van der Waals surface area contributed by atoms with Crippen molar-refractivity contribution < 1.29 is 23.7 Å². The Hall–Kier alpha value is -4.00. The Morgan fingerprint density at radius 3 is 2.33 bits per heavy atom. The van der Waals surface area contributed by atoms with E-state index in [1.807, 2.05) is 12.1 Å².